The average Bonchev–Trinajstić information content (AvgIpc) is 2.75. The van der Waals surface area contributed by atoms with Crippen molar-refractivity contribution >= 4 is 5.97 Å². The maximum atomic E-state index is 12.7. The molecule has 1 aliphatic rings. The third kappa shape index (κ3) is 5.01. The molecule has 6 heteroatoms. The molecule has 0 aliphatic heterocycles. The van der Waals surface area contributed by atoms with Gasteiger partial charge >= 0.3 is 12.1 Å². The number of carbonyl (C=O) groups is 1. The highest BCUT2D eigenvalue weighted by molar-refractivity contribution is 5.73. The normalized spacial score (nSPS) is 20.6. The van der Waals surface area contributed by atoms with Gasteiger partial charge in [-0.05, 0) is 26.2 Å². The second-order valence-electron chi connectivity index (χ2n) is 5.55. The number of hydrogen-bond donors (Lipinski definition) is 1. The van der Waals surface area contributed by atoms with Crippen molar-refractivity contribution in [3.8, 4) is 0 Å². The van der Waals surface area contributed by atoms with Gasteiger partial charge in [0.15, 0.2) is 0 Å². The average molecular weight is 281 g/mol. The maximum absolute atomic E-state index is 12.7. The Labute approximate surface area is 111 Å². The van der Waals surface area contributed by atoms with E-state index >= 15 is 0 Å². The van der Waals surface area contributed by atoms with E-state index in [-0.39, 0.29) is 12.3 Å². The largest absolute Gasteiger partial charge is 0.463 e. The van der Waals surface area contributed by atoms with Crippen LogP contribution in [0.4, 0.5) is 13.2 Å². The number of rotatable bonds is 5. The van der Waals surface area contributed by atoms with Crippen molar-refractivity contribution in [1.29, 1.82) is 0 Å². The molecule has 0 bridgehead atoms. The highest BCUT2D eigenvalue weighted by Gasteiger charge is 2.46. The number of ether oxygens (including phenoxy) is 1. The van der Waals surface area contributed by atoms with Crippen molar-refractivity contribution in [2.75, 3.05) is 0 Å². The molecule has 2 atom stereocenters. The first-order chi connectivity index (χ1) is 8.71. The summed E-state index contributed by atoms with van der Waals surface area (Å²) in [6.45, 7) is 3.23. The van der Waals surface area contributed by atoms with E-state index in [4.69, 9.17) is 10.5 Å². The van der Waals surface area contributed by atoms with E-state index in [0.29, 0.717) is 0 Å². The standard InChI is InChI=1S/C13H22F3NO2/c1-8(2)19-12(18)10(11(17)13(14,15)16)7-9-5-3-4-6-9/h8-11H,3-7,17H2,1-2H3/t10-,11-/m1/s1. The van der Waals surface area contributed by atoms with Crippen molar-refractivity contribution in [1.82, 2.24) is 0 Å². The topological polar surface area (TPSA) is 52.3 Å². The van der Waals surface area contributed by atoms with Crippen LogP contribution in [0.25, 0.3) is 0 Å². The molecule has 112 valence electrons. The van der Waals surface area contributed by atoms with Crippen LogP contribution in [-0.2, 0) is 9.53 Å². The van der Waals surface area contributed by atoms with Gasteiger partial charge in [-0.15, -0.1) is 0 Å². The molecule has 0 spiro atoms. The zero-order chi connectivity index (χ0) is 14.6. The van der Waals surface area contributed by atoms with Gasteiger partial charge in [-0.2, -0.15) is 13.2 Å². The summed E-state index contributed by atoms with van der Waals surface area (Å²) in [5.41, 5.74) is 5.22. The zero-order valence-corrected chi connectivity index (χ0v) is 11.4. The first-order valence-electron chi connectivity index (χ1n) is 6.74. The maximum Gasteiger partial charge on any atom is 0.404 e. The zero-order valence-electron chi connectivity index (χ0n) is 11.4. The lowest BCUT2D eigenvalue weighted by Gasteiger charge is -2.27. The Hall–Kier alpha value is -0.780. The molecule has 0 saturated heterocycles. The second kappa shape index (κ2) is 6.59. The van der Waals surface area contributed by atoms with Gasteiger partial charge in [0.05, 0.1) is 12.0 Å². The summed E-state index contributed by atoms with van der Waals surface area (Å²) in [6.07, 6.45) is -1.06. The Morgan fingerprint density at radius 1 is 1.32 bits per heavy atom. The lowest BCUT2D eigenvalue weighted by molar-refractivity contribution is -0.179. The number of alkyl halides is 3. The van der Waals surface area contributed by atoms with Gasteiger partial charge in [0.25, 0.3) is 0 Å². The first kappa shape index (κ1) is 16.3. The molecule has 0 aromatic carbocycles. The number of esters is 1. The fourth-order valence-corrected chi connectivity index (χ4v) is 2.54. The molecule has 0 aromatic rings. The molecule has 19 heavy (non-hydrogen) atoms. The van der Waals surface area contributed by atoms with E-state index in [9.17, 15) is 18.0 Å². The minimum absolute atomic E-state index is 0.151. The molecule has 1 aliphatic carbocycles. The lowest BCUT2D eigenvalue weighted by atomic mass is 9.88. The summed E-state index contributed by atoms with van der Waals surface area (Å²) in [5.74, 6) is -1.96. The molecule has 0 unspecified atom stereocenters. The highest BCUT2D eigenvalue weighted by Crippen LogP contribution is 2.35. The molecule has 3 nitrogen and oxygen atoms in total. The van der Waals surface area contributed by atoms with Gasteiger partial charge < -0.3 is 10.5 Å². The highest BCUT2D eigenvalue weighted by atomic mass is 19.4. The SMILES string of the molecule is CC(C)OC(=O)[C@H](CC1CCCC1)[C@@H](N)C(F)(F)F. The van der Waals surface area contributed by atoms with Crippen LogP contribution in [0.2, 0.25) is 0 Å². The Balaban J connectivity index is 2.74. The van der Waals surface area contributed by atoms with Crippen molar-refractivity contribution < 1.29 is 22.7 Å². The summed E-state index contributed by atoms with van der Waals surface area (Å²) >= 11 is 0. The minimum atomic E-state index is -4.57. The van der Waals surface area contributed by atoms with Crippen molar-refractivity contribution in [2.24, 2.45) is 17.6 Å². The Kier molecular flexibility index (Phi) is 5.64. The van der Waals surface area contributed by atoms with E-state index in [2.05, 4.69) is 0 Å². The van der Waals surface area contributed by atoms with E-state index in [1.807, 2.05) is 0 Å². The summed E-state index contributed by atoms with van der Waals surface area (Å²) in [4.78, 5) is 11.8. The second-order valence-corrected chi connectivity index (χ2v) is 5.55. The summed E-state index contributed by atoms with van der Waals surface area (Å²) in [5, 5.41) is 0. The third-order valence-electron chi connectivity index (χ3n) is 3.53. The quantitative estimate of drug-likeness (QED) is 0.788. The molecule has 1 rings (SSSR count). The molecule has 0 aromatic heterocycles. The van der Waals surface area contributed by atoms with Crippen LogP contribution in [0, 0.1) is 11.8 Å². The van der Waals surface area contributed by atoms with Crippen LogP contribution in [0.5, 0.6) is 0 Å². The van der Waals surface area contributed by atoms with Crippen LogP contribution < -0.4 is 5.73 Å². The molecule has 0 heterocycles. The first-order valence-corrected chi connectivity index (χ1v) is 6.74. The van der Waals surface area contributed by atoms with Crippen LogP contribution in [-0.4, -0.2) is 24.3 Å². The lowest BCUT2D eigenvalue weighted by Crippen LogP contribution is -2.48. The van der Waals surface area contributed by atoms with Gasteiger partial charge in [0, 0.05) is 0 Å². The van der Waals surface area contributed by atoms with E-state index < -0.39 is 30.2 Å². The van der Waals surface area contributed by atoms with E-state index in [1.165, 1.54) is 0 Å². The van der Waals surface area contributed by atoms with Crippen LogP contribution >= 0.6 is 0 Å². The van der Waals surface area contributed by atoms with Crippen LogP contribution in [0.1, 0.15) is 46.0 Å². The summed E-state index contributed by atoms with van der Waals surface area (Å²) in [7, 11) is 0. The number of nitrogens with two attached hydrogens (primary N) is 1. The predicted molar refractivity (Wildman–Crippen MR) is 65.3 cm³/mol. The monoisotopic (exact) mass is 281 g/mol. The molecular formula is C13H22F3NO2. The van der Waals surface area contributed by atoms with E-state index in [0.717, 1.165) is 25.7 Å². The van der Waals surface area contributed by atoms with Crippen molar-refractivity contribution in [2.45, 2.75) is 64.3 Å². The fraction of sp³-hybridized carbons (Fsp3) is 0.923. The predicted octanol–water partition coefficient (Wildman–Crippen LogP) is 3.02. The van der Waals surface area contributed by atoms with Gasteiger partial charge in [-0.3, -0.25) is 4.79 Å². The van der Waals surface area contributed by atoms with Gasteiger partial charge in [0.1, 0.15) is 6.04 Å². The van der Waals surface area contributed by atoms with Gasteiger partial charge in [-0.1, -0.05) is 25.7 Å². The molecular weight excluding hydrogens is 259 g/mol. The smallest absolute Gasteiger partial charge is 0.404 e. The molecule has 1 saturated carbocycles. The Bertz CT molecular complexity index is 299. The summed E-state index contributed by atoms with van der Waals surface area (Å²) in [6, 6.07) is -2.14. The van der Waals surface area contributed by atoms with E-state index in [1.54, 1.807) is 13.8 Å². The van der Waals surface area contributed by atoms with Gasteiger partial charge in [-0.25, -0.2) is 0 Å². The fourth-order valence-electron chi connectivity index (χ4n) is 2.54. The molecule has 0 radical (unpaired) electrons. The third-order valence-corrected chi connectivity index (χ3v) is 3.53. The number of carbonyl (C=O) groups excluding carboxylic acids is 1. The molecule has 1 fully saturated rings. The van der Waals surface area contributed by atoms with Crippen molar-refractivity contribution in [3.05, 3.63) is 0 Å². The number of hydrogen-bond acceptors (Lipinski definition) is 3. The van der Waals surface area contributed by atoms with Gasteiger partial charge in [0.2, 0.25) is 0 Å². The number of halogens is 3. The van der Waals surface area contributed by atoms with Crippen LogP contribution in [0.3, 0.4) is 0 Å². The Morgan fingerprint density at radius 2 is 1.84 bits per heavy atom. The summed E-state index contributed by atoms with van der Waals surface area (Å²) < 4.78 is 43.1. The van der Waals surface area contributed by atoms with Crippen molar-refractivity contribution in [3.63, 3.8) is 0 Å². The molecule has 2 N–H and O–H groups in total. The Morgan fingerprint density at radius 3 is 2.26 bits per heavy atom. The van der Waals surface area contributed by atoms with Crippen LogP contribution in [0.15, 0.2) is 0 Å². The minimum Gasteiger partial charge on any atom is -0.463 e. The molecule has 0 amide bonds.